The average molecular weight is 394 g/mol. The summed E-state index contributed by atoms with van der Waals surface area (Å²) in [6.07, 6.45) is 5.36. The van der Waals surface area contributed by atoms with Crippen LogP contribution in [0.4, 0.5) is 0 Å². The van der Waals surface area contributed by atoms with E-state index in [0.29, 0.717) is 12.1 Å². The Hall–Kier alpha value is -0.0400. The topological polar surface area (TPSA) is 39.7 Å². The first-order chi connectivity index (χ1) is 9.11. The van der Waals surface area contributed by atoms with Crippen molar-refractivity contribution in [2.45, 2.75) is 64.6 Å². The number of nitrogens with one attached hydrogen (secondary N) is 2. The molecule has 0 bridgehead atoms. The zero-order chi connectivity index (χ0) is 13.8. The van der Waals surface area contributed by atoms with Gasteiger partial charge in [0.2, 0.25) is 0 Å². The zero-order valence-corrected chi connectivity index (χ0v) is 15.7. The molecule has 1 heterocycles. The third kappa shape index (κ3) is 5.06. The first-order valence-corrected chi connectivity index (χ1v) is 7.84. The number of aliphatic imine (C=N–C) groups is 1. The Kier molecular flexibility index (Phi) is 7.58. The van der Waals surface area contributed by atoms with E-state index in [1.165, 1.54) is 32.2 Å². The van der Waals surface area contributed by atoms with Gasteiger partial charge in [-0.25, -0.2) is 0 Å². The van der Waals surface area contributed by atoms with Crippen LogP contribution >= 0.6 is 24.0 Å². The second-order valence-corrected chi connectivity index (χ2v) is 6.35. The maximum Gasteiger partial charge on any atom is 0.191 e. The molecule has 1 aliphatic carbocycles. The highest BCUT2D eigenvalue weighted by molar-refractivity contribution is 14.0. The molecule has 0 aromatic carbocycles. The number of likely N-dealkylation sites (tertiary alicyclic amines) is 1. The molecule has 4 nitrogen and oxygen atoms in total. The molecule has 1 saturated heterocycles. The lowest BCUT2D eigenvalue weighted by molar-refractivity contribution is 0.115. The van der Waals surface area contributed by atoms with E-state index in [0.717, 1.165) is 24.5 Å². The number of rotatable bonds is 4. The maximum absolute atomic E-state index is 4.31. The summed E-state index contributed by atoms with van der Waals surface area (Å²) in [4.78, 5) is 6.94. The van der Waals surface area contributed by atoms with Crippen LogP contribution in [0.15, 0.2) is 4.99 Å². The highest BCUT2D eigenvalue weighted by atomic mass is 127. The van der Waals surface area contributed by atoms with Gasteiger partial charge in [0.1, 0.15) is 0 Å². The fourth-order valence-corrected chi connectivity index (χ4v) is 3.03. The largest absolute Gasteiger partial charge is 0.355 e. The van der Waals surface area contributed by atoms with Crippen molar-refractivity contribution in [3.05, 3.63) is 0 Å². The monoisotopic (exact) mass is 394 g/mol. The van der Waals surface area contributed by atoms with Crippen LogP contribution in [0.2, 0.25) is 0 Å². The summed E-state index contributed by atoms with van der Waals surface area (Å²) in [6.45, 7) is 9.18. The van der Waals surface area contributed by atoms with Gasteiger partial charge in [0.25, 0.3) is 0 Å². The quantitative estimate of drug-likeness (QED) is 0.437. The number of hydrogen-bond acceptors (Lipinski definition) is 2. The van der Waals surface area contributed by atoms with Crippen molar-refractivity contribution < 1.29 is 0 Å². The minimum absolute atomic E-state index is 0. The number of guanidine groups is 1. The van der Waals surface area contributed by atoms with E-state index >= 15 is 0 Å². The molecule has 0 aromatic rings. The predicted molar refractivity (Wildman–Crippen MR) is 97.0 cm³/mol. The van der Waals surface area contributed by atoms with Crippen LogP contribution in [-0.2, 0) is 0 Å². The molecule has 0 spiro atoms. The van der Waals surface area contributed by atoms with Gasteiger partial charge in [0, 0.05) is 31.7 Å². The van der Waals surface area contributed by atoms with Crippen molar-refractivity contribution in [1.82, 2.24) is 15.5 Å². The third-order valence-corrected chi connectivity index (χ3v) is 4.64. The Morgan fingerprint density at radius 2 is 2.05 bits per heavy atom. The Labute approximate surface area is 141 Å². The van der Waals surface area contributed by atoms with E-state index in [-0.39, 0.29) is 24.0 Å². The molecule has 2 aliphatic rings. The second-order valence-electron chi connectivity index (χ2n) is 6.35. The van der Waals surface area contributed by atoms with E-state index in [1.54, 1.807) is 0 Å². The molecule has 20 heavy (non-hydrogen) atoms. The Morgan fingerprint density at radius 1 is 1.35 bits per heavy atom. The molecule has 1 saturated carbocycles. The van der Waals surface area contributed by atoms with Gasteiger partial charge < -0.3 is 10.6 Å². The van der Waals surface area contributed by atoms with Gasteiger partial charge in [-0.05, 0) is 45.6 Å². The van der Waals surface area contributed by atoms with Gasteiger partial charge >= 0.3 is 0 Å². The number of hydrogen-bond donors (Lipinski definition) is 2. The van der Waals surface area contributed by atoms with Crippen molar-refractivity contribution >= 4 is 29.9 Å². The van der Waals surface area contributed by atoms with E-state index in [9.17, 15) is 0 Å². The van der Waals surface area contributed by atoms with Gasteiger partial charge in [-0.3, -0.25) is 9.89 Å². The van der Waals surface area contributed by atoms with Crippen LogP contribution in [0.1, 0.15) is 46.5 Å². The summed E-state index contributed by atoms with van der Waals surface area (Å²) in [5, 5.41) is 6.96. The summed E-state index contributed by atoms with van der Waals surface area (Å²) >= 11 is 0. The summed E-state index contributed by atoms with van der Waals surface area (Å²) in [5.41, 5.74) is 0. The predicted octanol–water partition coefficient (Wildman–Crippen LogP) is 2.44. The first-order valence-electron chi connectivity index (χ1n) is 7.84. The number of halogens is 1. The molecule has 1 aliphatic heterocycles. The number of nitrogens with zero attached hydrogens (tertiary/aromatic N) is 2. The van der Waals surface area contributed by atoms with E-state index < -0.39 is 0 Å². The van der Waals surface area contributed by atoms with Gasteiger partial charge in [-0.1, -0.05) is 13.3 Å². The van der Waals surface area contributed by atoms with Crippen LogP contribution in [0.5, 0.6) is 0 Å². The second kappa shape index (κ2) is 8.41. The van der Waals surface area contributed by atoms with Crippen LogP contribution in [0.3, 0.4) is 0 Å². The minimum Gasteiger partial charge on any atom is -0.355 e. The standard InChI is InChI=1S/C15H30N4.HI/c1-11-9-14(11)18-15(16-4)17-10-13(3)19-8-6-5-7-12(19)2;/h11-14H,5-10H2,1-4H3,(H2,16,17,18);1H. The van der Waals surface area contributed by atoms with Crippen LogP contribution < -0.4 is 10.6 Å². The lowest BCUT2D eigenvalue weighted by Gasteiger charge is -2.38. The van der Waals surface area contributed by atoms with Crippen molar-refractivity contribution in [2.75, 3.05) is 20.1 Å². The van der Waals surface area contributed by atoms with Crippen molar-refractivity contribution in [3.63, 3.8) is 0 Å². The smallest absolute Gasteiger partial charge is 0.191 e. The summed E-state index contributed by atoms with van der Waals surface area (Å²) in [6, 6.07) is 1.94. The normalized spacial score (nSPS) is 32.2. The highest BCUT2D eigenvalue weighted by Crippen LogP contribution is 2.28. The van der Waals surface area contributed by atoms with E-state index in [2.05, 4.69) is 41.3 Å². The van der Waals surface area contributed by atoms with Crippen LogP contribution in [0.25, 0.3) is 0 Å². The van der Waals surface area contributed by atoms with Crippen molar-refractivity contribution in [3.8, 4) is 0 Å². The number of piperidine rings is 1. The molecule has 0 radical (unpaired) electrons. The SMILES string of the molecule is CN=C(NCC(C)N1CCCCC1C)NC1CC1C.I. The maximum atomic E-state index is 4.31. The molecule has 5 heteroatoms. The molecular weight excluding hydrogens is 363 g/mol. The average Bonchev–Trinajstić information content (AvgIpc) is 3.10. The van der Waals surface area contributed by atoms with Gasteiger partial charge in [0.05, 0.1) is 0 Å². The minimum atomic E-state index is 0. The fourth-order valence-electron chi connectivity index (χ4n) is 3.03. The molecule has 0 amide bonds. The van der Waals surface area contributed by atoms with E-state index in [4.69, 9.17) is 0 Å². The summed E-state index contributed by atoms with van der Waals surface area (Å²) in [5.74, 6) is 1.77. The molecule has 118 valence electrons. The molecule has 0 aromatic heterocycles. The van der Waals surface area contributed by atoms with Crippen molar-refractivity contribution in [1.29, 1.82) is 0 Å². The molecule has 2 fully saturated rings. The van der Waals surface area contributed by atoms with Crippen molar-refractivity contribution in [2.24, 2.45) is 10.9 Å². The zero-order valence-electron chi connectivity index (χ0n) is 13.4. The van der Waals surface area contributed by atoms with Gasteiger partial charge in [-0.15, -0.1) is 24.0 Å². The Bertz CT molecular complexity index is 321. The fraction of sp³-hybridized carbons (Fsp3) is 0.933. The van der Waals surface area contributed by atoms with Gasteiger partial charge in [0.15, 0.2) is 5.96 Å². The summed E-state index contributed by atoms with van der Waals surface area (Å²) < 4.78 is 0. The Balaban J connectivity index is 0.00000200. The Morgan fingerprint density at radius 3 is 2.60 bits per heavy atom. The first kappa shape index (κ1) is 18.0. The lowest BCUT2D eigenvalue weighted by atomic mass is 10.0. The molecule has 2 rings (SSSR count). The highest BCUT2D eigenvalue weighted by Gasteiger charge is 2.33. The molecule has 2 N–H and O–H groups in total. The molecule has 4 unspecified atom stereocenters. The molecule has 4 atom stereocenters. The van der Waals surface area contributed by atoms with E-state index in [1.807, 2.05) is 7.05 Å². The van der Waals surface area contributed by atoms with Crippen LogP contribution in [-0.4, -0.2) is 49.1 Å². The third-order valence-electron chi connectivity index (χ3n) is 4.64. The van der Waals surface area contributed by atoms with Gasteiger partial charge in [-0.2, -0.15) is 0 Å². The van der Waals surface area contributed by atoms with Crippen LogP contribution in [0, 0.1) is 5.92 Å². The lowest BCUT2D eigenvalue weighted by Crippen LogP contribution is -2.50. The molecular formula is C15H31IN4. The summed E-state index contributed by atoms with van der Waals surface area (Å²) in [7, 11) is 1.86.